The zero-order chi connectivity index (χ0) is 16.9. The molecule has 0 heterocycles. The highest BCUT2D eigenvalue weighted by Gasteiger charge is 2.31. The number of alkyl halides is 3. The van der Waals surface area contributed by atoms with Crippen molar-refractivity contribution in [2.24, 2.45) is 0 Å². The maximum Gasteiger partial charge on any atom is 0.416 e. The monoisotopic (exact) mass is 326 g/mol. The van der Waals surface area contributed by atoms with Crippen molar-refractivity contribution in [3.8, 4) is 0 Å². The van der Waals surface area contributed by atoms with E-state index in [0.717, 1.165) is 49.9 Å². The number of nitrogens with one attached hydrogen (secondary N) is 1. The van der Waals surface area contributed by atoms with Crippen molar-refractivity contribution < 1.29 is 18.0 Å². The van der Waals surface area contributed by atoms with E-state index in [1.165, 1.54) is 24.1 Å². The molecule has 1 N–H and O–H groups in total. The summed E-state index contributed by atoms with van der Waals surface area (Å²) in [6, 6.07) is 4.48. The summed E-state index contributed by atoms with van der Waals surface area (Å²) < 4.78 is 38.8. The molecule has 0 unspecified atom stereocenters. The number of amides is 2. The van der Waals surface area contributed by atoms with Crippen molar-refractivity contribution in [1.82, 2.24) is 5.32 Å². The molecule has 0 aromatic heterocycles. The van der Waals surface area contributed by atoms with Gasteiger partial charge in [-0.25, -0.2) is 4.79 Å². The van der Waals surface area contributed by atoms with Crippen LogP contribution in [0.2, 0.25) is 0 Å². The van der Waals surface area contributed by atoms with E-state index in [4.69, 9.17) is 0 Å². The van der Waals surface area contributed by atoms with Gasteiger partial charge in [-0.15, -0.1) is 0 Å². The second kappa shape index (κ2) is 7.53. The number of halogens is 3. The minimum absolute atomic E-state index is 0.242. The van der Waals surface area contributed by atoms with Crippen LogP contribution in [0.15, 0.2) is 36.0 Å². The molecule has 23 heavy (non-hydrogen) atoms. The first-order chi connectivity index (χ1) is 10.9. The van der Waals surface area contributed by atoms with Gasteiger partial charge in [0.25, 0.3) is 0 Å². The number of rotatable bonds is 2. The van der Waals surface area contributed by atoms with Gasteiger partial charge in [-0.1, -0.05) is 25.0 Å². The fraction of sp³-hybridized carbons (Fsp3) is 0.471. The van der Waals surface area contributed by atoms with E-state index in [-0.39, 0.29) is 5.69 Å². The van der Waals surface area contributed by atoms with Crippen molar-refractivity contribution >= 4 is 11.7 Å². The maximum atomic E-state index is 12.9. The first-order valence-electron chi connectivity index (χ1n) is 7.81. The Morgan fingerprint density at radius 3 is 2.61 bits per heavy atom. The quantitative estimate of drug-likeness (QED) is 0.806. The molecule has 1 aromatic carbocycles. The molecular weight excluding hydrogens is 305 g/mol. The summed E-state index contributed by atoms with van der Waals surface area (Å²) in [4.78, 5) is 13.6. The molecule has 0 fully saturated rings. The molecular formula is C17H21F3N2O. The van der Waals surface area contributed by atoms with Crippen LogP contribution in [-0.4, -0.2) is 13.1 Å². The Kier molecular flexibility index (Phi) is 5.69. The number of hydrogen-bond donors (Lipinski definition) is 1. The SMILES string of the molecule is CNC(=O)N(C1=CCCCCCC1)c1cccc(C(F)(F)F)c1. The summed E-state index contributed by atoms with van der Waals surface area (Å²) in [6.07, 6.45) is 3.24. The lowest BCUT2D eigenvalue weighted by atomic mass is 10.0. The number of carbonyl (C=O) groups is 1. The van der Waals surface area contributed by atoms with Gasteiger partial charge < -0.3 is 5.32 Å². The Bertz CT molecular complexity index is 581. The Balaban J connectivity index is 2.40. The summed E-state index contributed by atoms with van der Waals surface area (Å²) in [6.45, 7) is 0. The maximum absolute atomic E-state index is 12.9. The number of benzene rings is 1. The average molecular weight is 326 g/mol. The van der Waals surface area contributed by atoms with E-state index in [1.807, 2.05) is 6.08 Å². The Labute approximate surface area is 134 Å². The Hall–Kier alpha value is -1.98. The van der Waals surface area contributed by atoms with Gasteiger partial charge in [0.1, 0.15) is 0 Å². The largest absolute Gasteiger partial charge is 0.416 e. The number of anilines is 1. The average Bonchev–Trinajstić information content (AvgIpc) is 2.48. The molecule has 1 aromatic rings. The second-order valence-corrected chi connectivity index (χ2v) is 5.59. The third kappa shape index (κ3) is 4.50. The molecule has 3 nitrogen and oxygen atoms in total. The lowest BCUT2D eigenvalue weighted by Crippen LogP contribution is -2.37. The Morgan fingerprint density at radius 1 is 1.17 bits per heavy atom. The van der Waals surface area contributed by atoms with Gasteiger partial charge in [-0.3, -0.25) is 4.90 Å². The summed E-state index contributed by atoms with van der Waals surface area (Å²) in [5.74, 6) is 0. The molecule has 0 spiro atoms. The van der Waals surface area contributed by atoms with E-state index >= 15 is 0 Å². The molecule has 1 aliphatic carbocycles. The van der Waals surface area contributed by atoms with Crippen LogP contribution in [0.5, 0.6) is 0 Å². The summed E-state index contributed by atoms with van der Waals surface area (Å²) in [5.41, 5.74) is 0.254. The zero-order valence-electron chi connectivity index (χ0n) is 13.1. The minimum atomic E-state index is -4.43. The Morgan fingerprint density at radius 2 is 1.91 bits per heavy atom. The van der Waals surface area contributed by atoms with Crippen LogP contribution in [0, 0.1) is 0 Å². The molecule has 0 bridgehead atoms. The van der Waals surface area contributed by atoms with Crippen LogP contribution in [0.4, 0.5) is 23.7 Å². The number of carbonyl (C=O) groups excluding carboxylic acids is 1. The van der Waals surface area contributed by atoms with Crippen molar-refractivity contribution in [3.05, 3.63) is 41.6 Å². The molecule has 6 heteroatoms. The van der Waals surface area contributed by atoms with Gasteiger partial charge in [0.15, 0.2) is 0 Å². The van der Waals surface area contributed by atoms with Crippen molar-refractivity contribution in [2.75, 3.05) is 11.9 Å². The third-order valence-electron chi connectivity index (χ3n) is 3.90. The summed E-state index contributed by atoms with van der Waals surface area (Å²) in [5, 5.41) is 2.52. The van der Waals surface area contributed by atoms with Crippen molar-refractivity contribution in [1.29, 1.82) is 0 Å². The van der Waals surface area contributed by atoms with E-state index in [0.29, 0.717) is 6.42 Å². The van der Waals surface area contributed by atoms with Crippen LogP contribution in [0.25, 0.3) is 0 Å². The van der Waals surface area contributed by atoms with E-state index in [1.54, 1.807) is 0 Å². The first kappa shape index (κ1) is 17.4. The number of allylic oxidation sites excluding steroid dienone is 2. The highest BCUT2D eigenvalue weighted by molar-refractivity contribution is 5.95. The van der Waals surface area contributed by atoms with Gasteiger partial charge in [0, 0.05) is 12.7 Å². The van der Waals surface area contributed by atoms with Gasteiger partial charge in [-0.05, 0) is 43.9 Å². The van der Waals surface area contributed by atoms with Crippen LogP contribution >= 0.6 is 0 Å². The molecule has 0 saturated carbocycles. The number of nitrogens with zero attached hydrogens (tertiary/aromatic N) is 1. The third-order valence-corrected chi connectivity index (χ3v) is 3.90. The van der Waals surface area contributed by atoms with E-state index in [2.05, 4.69) is 5.32 Å². The molecule has 126 valence electrons. The predicted octanol–water partition coefficient (Wildman–Crippen LogP) is 5.09. The van der Waals surface area contributed by atoms with Gasteiger partial charge in [0.05, 0.1) is 11.3 Å². The summed E-state index contributed by atoms with van der Waals surface area (Å²) in [7, 11) is 1.48. The van der Waals surface area contributed by atoms with Gasteiger partial charge >= 0.3 is 12.2 Å². The van der Waals surface area contributed by atoms with Crippen LogP contribution in [0.1, 0.15) is 44.1 Å². The normalized spacial score (nSPS) is 16.1. The molecule has 0 atom stereocenters. The van der Waals surface area contributed by atoms with Crippen molar-refractivity contribution in [3.63, 3.8) is 0 Å². The summed E-state index contributed by atoms with van der Waals surface area (Å²) >= 11 is 0. The number of urea groups is 1. The van der Waals surface area contributed by atoms with E-state index < -0.39 is 17.8 Å². The lowest BCUT2D eigenvalue weighted by Gasteiger charge is -2.27. The first-order valence-corrected chi connectivity index (χ1v) is 7.81. The van der Waals surface area contributed by atoms with Gasteiger partial charge in [-0.2, -0.15) is 13.2 Å². The fourth-order valence-electron chi connectivity index (χ4n) is 2.72. The second-order valence-electron chi connectivity index (χ2n) is 5.59. The predicted molar refractivity (Wildman–Crippen MR) is 84.2 cm³/mol. The smallest absolute Gasteiger partial charge is 0.340 e. The lowest BCUT2D eigenvalue weighted by molar-refractivity contribution is -0.137. The molecule has 0 aliphatic heterocycles. The van der Waals surface area contributed by atoms with Crippen molar-refractivity contribution in [2.45, 2.75) is 44.7 Å². The van der Waals surface area contributed by atoms with Gasteiger partial charge in [0.2, 0.25) is 0 Å². The number of hydrogen-bond acceptors (Lipinski definition) is 1. The highest BCUT2D eigenvalue weighted by atomic mass is 19.4. The van der Waals surface area contributed by atoms with Crippen LogP contribution in [0.3, 0.4) is 0 Å². The molecule has 0 radical (unpaired) electrons. The molecule has 2 amide bonds. The highest BCUT2D eigenvalue weighted by Crippen LogP contribution is 2.33. The topological polar surface area (TPSA) is 32.3 Å². The van der Waals surface area contributed by atoms with Crippen LogP contribution < -0.4 is 10.2 Å². The fourth-order valence-corrected chi connectivity index (χ4v) is 2.72. The van der Waals surface area contributed by atoms with Crippen LogP contribution in [-0.2, 0) is 6.18 Å². The van der Waals surface area contributed by atoms with E-state index in [9.17, 15) is 18.0 Å². The molecule has 0 saturated heterocycles. The zero-order valence-corrected chi connectivity index (χ0v) is 13.1. The molecule has 2 rings (SSSR count). The molecule has 1 aliphatic rings. The minimum Gasteiger partial charge on any atom is -0.340 e. The standard InChI is InChI=1S/C17H21F3N2O/c1-21-16(23)22(14-9-5-3-2-4-6-10-14)15-11-7-8-13(12-15)17(18,19)20/h7-9,11-12H,2-6,10H2,1H3,(H,21,23).